The summed E-state index contributed by atoms with van der Waals surface area (Å²) in [5.41, 5.74) is 4.41. The van der Waals surface area contributed by atoms with E-state index in [2.05, 4.69) is 17.1 Å². The van der Waals surface area contributed by atoms with E-state index in [4.69, 9.17) is 0 Å². The lowest BCUT2D eigenvalue weighted by molar-refractivity contribution is -0.135. The molecule has 2 aromatic rings. The number of carbonyl (C=O) groups is 3. The predicted molar refractivity (Wildman–Crippen MR) is 121 cm³/mol. The van der Waals surface area contributed by atoms with Gasteiger partial charge in [0.2, 0.25) is 17.7 Å². The molecule has 0 bridgehead atoms. The van der Waals surface area contributed by atoms with Crippen LogP contribution in [0, 0.1) is 25.7 Å². The summed E-state index contributed by atoms with van der Waals surface area (Å²) < 4.78 is 0. The van der Waals surface area contributed by atoms with Gasteiger partial charge in [0.15, 0.2) is 0 Å². The topological polar surface area (TPSA) is 69.7 Å². The number of anilines is 2. The van der Waals surface area contributed by atoms with Crippen LogP contribution in [0.2, 0.25) is 0 Å². The molecular weight excluding hydrogens is 402 g/mol. The summed E-state index contributed by atoms with van der Waals surface area (Å²) in [6.45, 7) is 6.79. The molecule has 1 spiro atoms. The third-order valence-electron chi connectivity index (χ3n) is 8.24. The zero-order valence-electron chi connectivity index (χ0n) is 18.6. The summed E-state index contributed by atoms with van der Waals surface area (Å²) in [5.74, 6) is -1.76. The number of amides is 3. The summed E-state index contributed by atoms with van der Waals surface area (Å²) in [6, 6.07) is 11.6. The SMILES string of the molecule is CCc1cccc2c1NC(=O)C21C2C(=O)N(c3ccc(C)c(C)c3)C(=O)C2C2CCCN21. The second-order valence-corrected chi connectivity index (χ2v) is 9.60. The van der Waals surface area contributed by atoms with Crippen LogP contribution in [0.3, 0.4) is 0 Å². The highest BCUT2D eigenvalue weighted by Gasteiger charge is 2.74. The van der Waals surface area contributed by atoms with Crippen molar-refractivity contribution in [1.82, 2.24) is 4.90 Å². The second kappa shape index (κ2) is 6.51. The van der Waals surface area contributed by atoms with Gasteiger partial charge in [0.05, 0.1) is 17.5 Å². The van der Waals surface area contributed by atoms with Crippen LogP contribution < -0.4 is 10.2 Å². The summed E-state index contributed by atoms with van der Waals surface area (Å²) in [7, 11) is 0. The summed E-state index contributed by atoms with van der Waals surface area (Å²) in [5, 5.41) is 3.12. The lowest BCUT2D eigenvalue weighted by Crippen LogP contribution is -2.54. The van der Waals surface area contributed by atoms with Gasteiger partial charge in [-0.15, -0.1) is 0 Å². The van der Waals surface area contributed by atoms with Gasteiger partial charge in [0.1, 0.15) is 5.54 Å². The maximum Gasteiger partial charge on any atom is 0.250 e. The number of nitrogens with one attached hydrogen (secondary N) is 1. The van der Waals surface area contributed by atoms with Crippen molar-refractivity contribution in [3.8, 4) is 0 Å². The van der Waals surface area contributed by atoms with Crippen LogP contribution in [0.5, 0.6) is 0 Å². The molecule has 164 valence electrons. The van der Waals surface area contributed by atoms with Crippen LogP contribution in [0.25, 0.3) is 0 Å². The third kappa shape index (κ3) is 2.16. The summed E-state index contributed by atoms with van der Waals surface area (Å²) in [4.78, 5) is 45.1. The van der Waals surface area contributed by atoms with Crippen LogP contribution in [0.15, 0.2) is 36.4 Å². The van der Waals surface area contributed by atoms with Crippen molar-refractivity contribution in [3.05, 3.63) is 58.7 Å². The van der Waals surface area contributed by atoms with Gasteiger partial charge in [-0.25, -0.2) is 4.90 Å². The Morgan fingerprint density at radius 3 is 2.62 bits per heavy atom. The molecule has 1 N–H and O–H groups in total. The largest absolute Gasteiger partial charge is 0.324 e. The van der Waals surface area contributed by atoms with Crippen molar-refractivity contribution in [2.45, 2.75) is 51.6 Å². The Labute approximate surface area is 187 Å². The van der Waals surface area contributed by atoms with Gasteiger partial charge in [0.25, 0.3) is 0 Å². The first-order valence-electron chi connectivity index (χ1n) is 11.6. The van der Waals surface area contributed by atoms with Crippen LogP contribution in [-0.4, -0.2) is 35.2 Å². The maximum atomic E-state index is 14.0. The molecule has 2 aromatic carbocycles. The van der Waals surface area contributed by atoms with Gasteiger partial charge in [-0.3, -0.25) is 19.3 Å². The number of carbonyl (C=O) groups excluding carboxylic acids is 3. The van der Waals surface area contributed by atoms with Gasteiger partial charge in [-0.2, -0.15) is 0 Å². The molecule has 6 nitrogen and oxygen atoms in total. The molecule has 3 amide bonds. The molecule has 4 aliphatic heterocycles. The number of nitrogens with zero attached hydrogens (tertiary/aromatic N) is 2. The minimum absolute atomic E-state index is 0.0880. The molecule has 4 heterocycles. The molecule has 6 rings (SSSR count). The van der Waals surface area contributed by atoms with Gasteiger partial charge in [-0.05, 0) is 68.5 Å². The average molecular weight is 430 g/mol. The molecule has 3 saturated heterocycles. The second-order valence-electron chi connectivity index (χ2n) is 9.60. The van der Waals surface area contributed by atoms with E-state index in [0.29, 0.717) is 5.69 Å². The Morgan fingerprint density at radius 2 is 1.88 bits per heavy atom. The zero-order valence-corrected chi connectivity index (χ0v) is 18.6. The average Bonchev–Trinajstić information content (AvgIpc) is 3.48. The van der Waals surface area contributed by atoms with E-state index < -0.39 is 17.4 Å². The minimum Gasteiger partial charge on any atom is -0.324 e. The first kappa shape index (κ1) is 19.7. The van der Waals surface area contributed by atoms with Gasteiger partial charge in [-0.1, -0.05) is 31.2 Å². The fourth-order valence-electron chi connectivity index (χ4n) is 6.70. The fraction of sp³-hybridized carbons (Fsp3) is 0.423. The molecule has 0 saturated carbocycles. The van der Waals surface area contributed by atoms with Gasteiger partial charge in [0, 0.05) is 17.3 Å². The van der Waals surface area contributed by atoms with Crippen LogP contribution in [0.4, 0.5) is 11.4 Å². The number of hydrogen-bond acceptors (Lipinski definition) is 4. The number of aryl methyl sites for hydroxylation is 3. The van der Waals surface area contributed by atoms with E-state index in [1.54, 1.807) is 0 Å². The molecule has 4 atom stereocenters. The van der Waals surface area contributed by atoms with Crippen LogP contribution in [0.1, 0.15) is 42.0 Å². The molecule has 4 aliphatic rings. The Morgan fingerprint density at radius 1 is 1.06 bits per heavy atom. The maximum absolute atomic E-state index is 14.0. The highest BCUT2D eigenvalue weighted by atomic mass is 16.2. The first-order valence-corrected chi connectivity index (χ1v) is 11.6. The van der Waals surface area contributed by atoms with E-state index in [9.17, 15) is 14.4 Å². The van der Waals surface area contributed by atoms with Crippen molar-refractivity contribution in [2.75, 3.05) is 16.8 Å². The fourth-order valence-corrected chi connectivity index (χ4v) is 6.70. The highest BCUT2D eigenvalue weighted by molar-refractivity contribution is 6.26. The molecule has 6 heteroatoms. The van der Waals surface area contributed by atoms with E-state index in [0.717, 1.165) is 53.7 Å². The molecular formula is C26H27N3O3. The van der Waals surface area contributed by atoms with Gasteiger partial charge >= 0.3 is 0 Å². The van der Waals surface area contributed by atoms with Crippen molar-refractivity contribution in [1.29, 1.82) is 0 Å². The molecule has 32 heavy (non-hydrogen) atoms. The first-order chi connectivity index (χ1) is 15.4. The van der Waals surface area contributed by atoms with Crippen molar-refractivity contribution >= 4 is 29.1 Å². The highest BCUT2D eigenvalue weighted by Crippen LogP contribution is 2.61. The number of imide groups is 1. The molecule has 4 unspecified atom stereocenters. The Kier molecular flexibility index (Phi) is 4.01. The van der Waals surface area contributed by atoms with E-state index in [1.165, 1.54) is 4.90 Å². The van der Waals surface area contributed by atoms with Crippen molar-refractivity contribution in [3.63, 3.8) is 0 Å². The smallest absolute Gasteiger partial charge is 0.250 e. The number of para-hydroxylation sites is 1. The Hall–Kier alpha value is -2.99. The Balaban J connectivity index is 1.55. The van der Waals surface area contributed by atoms with Crippen LogP contribution >= 0.6 is 0 Å². The van der Waals surface area contributed by atoms with Crippen molar-refractivity contribution in [2.24, 2.45) is 11.8 Å². The summed E-state index contributed by atoms with van der Waals surface area (Å²) in [6.07, 6.45) is 2.55. The summed E-state index contributed by atoms with van der Waals surface area (Å²) >= 11 is 0. The molecule has 3 fully saturated rings. The third-order valence-corrected chi connectivity index (χ3v) is 8.24. The number of hydrogen-bond donors (Lipinski definition) is 1. The standard InChI is InChI=1S/C26H27N3O3/c1-4-16-7-5-8-18-22(16)27-25(32)26(18)21-20(19-9-6-12-28(19)26)23(30)29(24(21)31)17-11-10-14(2)15(3)13-17/h5,7-8,10-11,13,19-21H,4,6,9,12H2,1-3H3,(H,27,32). The lowest BCUT2D eigenvalue weighted by atomic mass is 9.75. The monoisotopic (exact) mass is 429 g/mol. The van der Waals surface area contributed by atoms with Crippen molar-refractivity contribution < 1.29 is 14.4 Å². The lowest BCUT2D eigenvalue weighted by Gasteiger charge is -2.36. The number of benzene rings is 2. The van der Waals surface area contributed by atoms with Crippen LogP contribution in [-0.2, 0) is 26.3 Å². The molecule has 0 aliphatic carbocycles. The predicted octanol–water partition coefficient (Wildman–Crippen LogP) is 3.30. The molecule has 0 radical (unpaired) electrons. The number of rotatable bonds is 2. The quantitative estimate of drug-likeness (QED) is 0.744. The van der Waals surface area contributed by atoms with E-state index >= 15 is 0 Å². The van der Waals surface area contributed by atoms with Gasteiger partial charge < -0.3 is 5.32 Å². The molecule has 0 aromatic heterocycles. The normalized spacial score (nSPS) is 30.8. The zero-order chi connectivity index (χ0) is 22.4. The number of fused-ring (bicyclic) bond motifs is 7. The van der Waals surface area contributed by atoms with E-state index in [1.807, 2.05) is 50.2 Å². The van der Waals surface area contributed by atoms with E-state index in [-0.39, 0.29) is 23.8 Å². The minimum atomic E-state index is -1.10. The Bertz CT molecular complexity index is 1200.